The van der Waals surface area contributed by atoms with E-state index in [4.69, 9.17) is 9.84 Å². The van der Waals surface area contributed by atoms with Crippen LogP contribution in [-0.2, 0) is 0 Å². The topological polar surface area (TPSA) is 103 Å². The van der Waals surface area contributed by atoms with Crippen LogP contribution in [0.3, 0.4) is 0 Å². The largest absolute Gasteiger partial charge is 0.477 e. The van der Waals surface area contributed by atoms with Gasteiger partial charge in [0.05, 0.1) is 11.5 Å². The summed E-state index contributed by atoms with van der Waals surface area (Å²) in [5.74, 6) is -0.783. The first-order chi connectivity index (χ1) is 9.58. The van der Waals surface area contributed by atoms with E-state index in [2.05, 4.69) is 4.98 Å². The number of ether oxygens (including phenoxy) is 1. The molecule has 0 bridgehead atoms. The minimum absolute atomic E-state index is 0.124. The summed E-state index contributed by atoms with van der Waals surface area (Å²) in [5, 5.41) is 19.7. The van der Waals surface area contributed by atoms with Crippen LogP contribution < -0.4 is 4.74 Å². The monoisotopic (exact) mass is 280 g/mol. The Labute approximate surface area is 115 Å². The lowest BCUT2D eigenvalue weighted by Gasteiger charge is -2.21. The molecule has 1 heterocycles. The van der Waals surface area contributed by atoms with Crippen LogP contribution in [0.15, 0.2) is 12.3 Å². The molecule has 0 saturated heterocycles. The molecule has 0 aromatic carbocycles. The second-order valence-electron chi connectivity index (χ2n) is 4.92. The van der Waals surface area contributed by atoms with Crippen molar-refractivity contribution in [1.29, 1.82) is 0 Å². The van der Waals surface area contributed by atoms with E-state index in [0.717, 1.165) is 25.1 Å². The predicted molar refractivity (Wildman–Crippen MR) is 69.9 cm³/mol. The van der Waals surface area contributed by atoms with Gasteiger partial charge in [0.15, 0.2) is 0 Å². The van der Waals surface area contributed by atoms with E-state index in [-0.39, 0.29) is 5.88 Å². The Hall–Kier alpha value is -2.18. The zero-order valence-corrected chi connectivity index (χ0v) is 10.9. The van der Waals surface area contributed by atoms with Crippen LogP contribution in [0.5, 0.6) is 5.88 Å². The molecule has 1 aromatic rings. The molecule has 20 heavy (non-hydrogen) atoms. The molecule has 1 N–H and O–H groups in total. The number of pyridine rings is 1. The number of carboxylic acid groups (broad SMARTS) is 1. The highest BCUT2D eigenvalue weighted by atomic mass is 16.6. The number of nitro groups is 1. The molecular weight excluding hydrogens is 264 g/mol. The van der Waals surface area contributed by atoms with Crippen molar-refractivity contribution in [2.45, 2.75) is 32.1 Å². The molecular formula is C13H16N2O5. The van der Waals surface area contributed by atoms with Crippen molar-refractivity contribution in [3.63, 3.8) is 0 Å². The molecule has 7 nitrogen and oxygen atoms in total. The van der Waals surface area contributed by atoms with Gasteiger partial charge in [0, 0.05) is 6.07 Å². The summed E-state index contributed by atoms with van der Waals surface area (Å²) in [4.78, 5) is 24.7. The van der Waals surface area contributed by atoms with Crippen molar-refractivity contribution in [1.82, 2.24) is 4.98 Å². The third-order valence-corrected chi connectivity index (χ3v) is 3.48. The summed E-state index contributed by atoms with van der Waals surface area (Å²) in [5.41, 5.74) is -0.925. The average Bonchev–Trinajstić information content (AvgIpc) is 2.45. The Kier molecular flexibility index (Phi) is 4.49. The molecule has 0 atom stereocenters. The third kappa shape index (κ3) is 3.43. The van der Waals surface area contributed by atoms with Crippen molar-refractivity contribution in [2.75, 3.05) is 6.61 Å². The van der Waals surface area contributed by atoms with Crippen molar-refractivity contribution in [3.05, 3.63) is 27.9 Å². The highest BCUT2D eigenvalue weighted by Gasteiger charge is 2.22. The molecule has 7 heteroatoms. The van der Waals surface area contributed by atoms with E-state index >= 15 is 0 Å². The van der Waals surface area contributed by atoms with Gasteiger partial charge in [-0.25, -0.2) is 9.78 Å². The summed E-state index contributed by atoms with van der Waals surface area (Å²) in [6.45, 7) is 0.476. The predicted octanol–water partition coefficient (Wildman–Crippen LogP) is 2.65. The first-order valence-corrected chi connectivity index (χ1v) is 6.58. The molecule has 0 radical (unpaired) electrons. The molecule has 0 aliphatic heterocycles. The number of hydrogen-bond donors (Lipinski definition) is 1. The normalized spacial score (nSPS) is 15.8. The second-order valence-corrected chi connectivity index (χ2v) is 4.92. The molecule has 0 amide bonds. The second kappa shape index (κ2) is 6.31. The maximum atomic E-state index is 11.0. The van der Waals surface area contributed by atoms with Crippen LogP contribution in [-0.4, -0.2) is 27.6 Å². The summed E-state index contributed by atoms with van der Waals surface area (Å²) in [6.07, 6.45) is 6.73. The van der Waals surface area contributed by atoms with Crippen LogP contribution in [0.2, 0.25) is 0 Å². The van der Waals surface area contributed by atoms with Crippen molar-refractivity contribution in [3.8, 4) is 5.88 Å². The van der Waals surface area contributed by atoms with Crippen molar-refractivity contribution >= 4 is 11.7 Å². The molecule has 0 unspecified atom stereocenters. The summed E-state index contributed by atoms with van der Waals surface area (Å²) < 4.78 is 5.47. The average molecular weight is 280 g/mol. The molecule has 1 aliphatic rings. The maximum Gasteiger partial charge on any atom is 0.342 e. The Bertz CT molecular complexity index is 511. The fourth-order valence-corrected chi connectivity index (χ4v) is 2.38. The molecule has 1 saturated carbocycles. The summed E-state index contributed by atoms with van der Waals surface area (Å²) >= 11 is 0. The van der Waals surface area contributed by atoms with Gasteiger partial charge in [-0.2, -0.15) is 0 Å². The number of carbonyl (C=O) groups is 1. The van der Waals surface area contributed by atoms with E-state index in [9.17, 15) is 14.9 Å². The van der Waals surface area contributed by atoms with Crippen molar-refractivity contribution in [2.24, 2.45) is 5.92 Å². The number of aromatic carboxylic acids is 1. The Morgan fingerprint density at radius 3 is 2.75 bits per heavy atom. The Morgan fingerprint density at radius 2 is 2.15 bits per heavy atom. The number of rotatable bonds is 5. The minimum atomic E-state index is -1.36. The van der Waals surface area contributed by atoms with E-state index in [0.29, 0.717) is 12.5 Å². The van der Waals surface area contributed by atoms with Crippen LogP contribution in [0.25, 0.3) is 0 Å². The van der Waals surface area contributed by atoms with Crippen molar-refractivity contribution < 1.29 is 19.6 Å². The lowest BCUT2D eigenvalue weighted by Crippen LogP contribution is -2.16. The van der Waals surface area contributed by atoms with E-state index < -0.39 is 22.1 Å². The highest BCUT2D eigenvalue weighted by molar-refractivity contribution is 5.92. The molecule has 1 aliphatic carbocycles. The Balaban J connectivity index is 2.06. The van der Waals surface area contributed by atoms with Gasteiger partial charge in [-0.15, -0.1) is 0 Å². The van der Waals surface area contributed by atoms with Crippen LogP contribution in [0.1, 0.15) is 42.5 Å². The van der Waals surface area contributed by atoms with Gasteiger partial charge >= 0.3 is 11.7 Å². The summed E-state index contributed by atoms with van der Waals surface area (Å²) in [6, 6.07) is 1.11. The lowest BCUT2D eigenvalue weighted by molar-refractivity contribution is -0.385. The number of aromatic nitrogens is 1. The van der Waals surface area contributed by atoms with Gasteiger partial charge in [-0.3, -0.25) is 10.1 Å². The molecule has 1 fully saturated rings. The third-order valence-electron chi connectivity index (χ3n) is 3.48. The van der Waals surface area contributed by atoms with Gasteiger partial charge in [-0.1, -0.05) is 19.3 Å². The number of carboxylic acids is 1. The van der Waals surface area contributed by atoms with Gasteiger partial charge in [-0.05, 0) is 18.8 Å². The first-order valence-electron chi connectivity index (χ1n) is 6.58. The van der Waals surface area contributed by atoms with Crippen LogP contribution in [0.4, 0.5) is 5.69 Å². The smallest absolute Gasteiger partial charge is 0.342 e. The number of hydrogen-bond acceptors (Lipinski definition) is 5. The molecule has 1 aromatic heterocycles. The van der Waals surface area contributed by atoms with Crippen LogP contribution in [0, 0.1) is 16.0 Å². The van der Waals surface area contributed by atoms with Gasteiger partial charge in [0.1, 0.15) is 11.8 Å². The Morgan fingerprint density at radius 1 is 1.45 bits per heavy atom. The fourth-order valence-electron chi connectivity index (χ4n) is 2.38. The number of nitrogens with zero attached hydrogens (tertiary/aromatic N) is 2. The zero-order valence-electron chi connectivity index (χ0n) is 10.9. The van der Waals surface area contributed by atoms with Crippen LogP contribution >= 0.6 is 0 Å². The standard InChI is InChI=1S/C13H16N2O5/c16-13(17)10-6-12(14-7-11(10)15(18)19)20-8-9-4-2-1-3-5-9/h6-7,9H,1-5,8H2,(H,16,17). The molecule has 2 rings (SSSR count). The molecule has 0 spiro atoms. The zero-order chi connectivity index (χ0) is 14.5. The van der Waals surface area contributed by atoms with E-state index in [1.807, 2.05) is 0 Å². The quantitative estimate of drug-likeness (QED) is 0.657. The minimum Gasteiger partial charge on any atom is -0.477 e. The fraction of sp³-hybridized carbons (Fsp3) is 0.538. The van der Waals surface area contributed by atoms with Gasteiger partial charge in [0.25, 0.3) is 0 Å². The van der Waals surface area contributed by atoms with Gasteiger partial charge in [0.2, 0.25) is 5.88 Å². The first kappa shape index (κ1) is 14.2. The maximum absolute atomic E-state index is 11.0. The lowest BCUT2D eigenvalue weighted by atomic mass is 9.90. The van der Waals surface area contributed by atoms with E-state index in [1.165, 1.54) is 19.3 Å². The summed E-state index contributed by atoms with van der Waals surface area (Å²) in [7, 11) is 0. The van der Waals surface area contributed by atoms with Gasteiger partial charge < -0.3 is 9.84 Å². The highest BCUT2D eigenvalue weighted by Crippen LogP contribution is 2.25. The SMILES string of the molecule is O=C(O)c1cc(OCC2CCCCC2)ncc1[N+](=O)[O-]. The molecule has 108 valence electrons. The van der Waals surface area contributed by atoms with E-state index in [1.54, 1.807) is 0 Å².